The largest absolute Gasteiger partial charge is 0.480 e. The van der Waals surface area contributed by atoms with Gasteiger partial charge in [-0.05, 0) is 41.8 Å². The van der Waals surface area contributed by atoms with Gasteiger partial charge in [-0.1, -0.05) is 29.3 Å². The van der Waals surface area contributed by atoms with Crippen LogP contribution >= 0.6 is 23.2 Å². The Kier molecular flexibility index (Phi) is 7.52. The molecular weight excluding hydrogens is 523 g/mol. The van der Waals surface area contributed by atoms with Crippen molar-refractivity contribution in [3.63, 3.8) is 0 Å². The van der Waals surface area contributed by atoms with E-state index in [1.165, 1.54) is 0 Å². The summed E-state index contributed by atoms with van der Waals surface area (Å²) in [6.45, 7) is 0.147. The fourth-order valence-corrected chi connectivity index (χ4v) is 4.77. The zero-order chi connectivity index (χ0) is 26.7. The third kappa shape index (κ3) is 5.45. The third-order valence-corrected chi connectivity index (χ3v) is 6.57. The number of furan rings is 1. The normalized spacial score (nSPS) is 14.0. The number of aliphatic imine (C=N–C) groups is 1. The summed E-state index contributed by atoms with van der Waals surface area (Å²) in [5.74, 6) is -2.66. The molecule has 0 bridgehead atoms. The molecule has 190 valence electrons. The van der Waals surface area contributed by atoms with Gasteiger partial charge in [-0.2, -0.15) is 5.26 Å². The van der Waals surface area contributed by atoms with Crippen LogP contribution in [0.3, 0.4) is 0 Å². The number of nitrogens with two attached hydrogens (primary N) is 1. The maximum atomic E-state index is 13.1. The average molecular weight is 543 g/mol. The highest BCUT2D eigenvalue weighted by Crippen LogP contribution is 2.35. The number of nitrogens with one attached hydrogen (secondary N) is 2. The van der Waals surface area contributed by atoms with Crippen LogP contribution in [0.1, 0.15) is 31.8 Å². The average Bonchev–Trinajstić information content (AvgIpc) is 3.33. The number of amides is 2. The number of hydrogen-bond acceptors (Lipinski definition) is 6. The number of fused-ring (bicyclic) bond motifs is 2. The van der Waals surface area contributed by atoms with Crippen molar-refractivity contribution in [3.8, 4) is 6.19 Å². The number of carbonyl (C=O) groups excluding carboxylic acids is 2. The molecule has 11 nitrogen and oxygen atoms in total. The topological polar surface area (TPSA) is 174 Å². The van der Waals surface area contributed by atoms with Gasteiger partial charge in [0.05, 0.1) is 28.4 Å². The summed E-state index contributed by atoms with van der Waals surface area (Å²) in [6.07, 6.45) is 3.47. The molecule has 37 heavy (non-hydrogen) atoms. The number of carboxylic acid groups (broad SMARTS) is 1. The molecule has 1 aromatic heterocycles. The SMILES string of the molecule is N#CNC(N)=NC[C@H](NC(=O)c1c(Cl)cc2c(c1Cl)CCN(C(=O)c1ccc3ccoc3c1)C2)C(=O)O. The summed E-state index contributed by atoms with van der Waals surface area (Å²) in [7, 11) is 0. The predicted molar refractivity (Wildman–Crippen MR) is 135 cm³/mol. The van der Waals surface area contributed by atoms with Gasteiger partial charge in [0.15, 0.2) is 6.19 Å². The molecule has 13 heteroatoms. The molecular formula is C24H20Cl2N6O5. The van der Waals surface area contributed by atoms with Crippen molar-refractivity contribution in [2.45, 2.75) is 19.0 Å². The standard InChI is InChI=1S/C24H20Cl2N6O5/c25-16-7-14-10-32(22(34)13-2-1-12-4-6-37-18(12)8-13)5-3-15(14)20(26)19(16)21(33)31-17(23(35)36)9-29-24(28)30-11-27/h1-2,4,6-8,17H,3,5,9-10H2,(H,31,33)(H,35,36)(H3,28,29,30)/t17-/m0/s1. The number of hydrogen-bond donors (Lipinski definition) is 4. The molecule has 0 fully saturated rings. The van der Waals surface area contributed by atoms with Crippen LogP contribution in [0, 0.1) is 11.5 Å². The molecule has 0 saturated heterocycles. The highest BCUT2D eigenvalue weighted by Gasteiger charge is 2.29. The number of nitriles is 1. The maximum absolute atomic E-state index is 13.1. The molecule has 3 aromatic rings. The molecule has 4 rings (SSSR count). The Hall–Kier alpha value is -4.27. The zero-order valence-corrected chi connectivity index (χ0v) is 20.6. The van der Waals surface area contributed by atoms with Crippen LogP contribution < -0.4 is 16.4 Å². The van der Waals surface area contributed by atoms with E-state index in [1.807, 2.05) is 12.1 Å². The van der Waals surface area contributed by atoms with E-state index < -0.39 is 24.5 Å². The van der Waals surface area contributed by atoms with E-state index >= 15 is 0 Å². The molecule has 0 spiro atoms. The molecule has 1 aliphatic heterocycles. The number of guanidine groups is 1. The first-order chi connectivity index (χ1) is 17.7. The number of halogens is 2. The van der Waals surface area contributed by atoms with Gasteiger partial charge in [0.2, 0.25) is 5.96 Å². The number of carboxylic acids is 1. The van der Waals surface area contributed by atoms with Crippen molar-refractivity contribution in [2.75, 3.05) is 13.1 Å². The molecule has 1 atom stereocenters. The van der Waals surface area contributed by atoms with Crippen LogP contribution in [0.2, 0.25) is 10.0 Å². The van der Waals surface area contributed by atoms with Crippen molar-refractivity contribution in [2.24, 2.45) is 10.7 Å². The van der Waals surface area contributed by atoms with Crippen LogP contribution in [0.25, 0.3) is 11.0 Å². The molecule has 5 N–H and O–H groups in total. The number of nitrogens with zero attached hydrogens (tertiary/aromatic N) is 3. The lowest BCUT2D eigenvalue weighted by Crippen LogP contribution is -2.44. The number of carbonyl (C=O) groups is 3. The Morgan fingerprint density at radius 2 is 2.05 bits per heavy atom. The van der Waals surface area contributed by atoms with E-state index in [4.69, 9.17) is 38.6 Å². The van der Waals surface area contributed by atoms with Crippen LogP contribution in [-0.2, 0) is 17.8 Å². The summed E-state index contributed by atoms with van der Waals surface area (Å²) < 4.78 is 5.39. The van der Waals surface area contributed by atoms with E-state index in [0.29, 0.717) is 35.2 Å². The lowest BCUT2D eigenvalue weighted by Gasteiger charge is -2.30. The van der Waals surface area contributed by atoms with Crippen molar-refractivity contribution in [3.05, 3.63) is 68.9 Å². The van der Waals surface area contributed by atoms with Gasteiger partial charge in [0.1, 0.15) is 11.6 Å². The Labute approximate surface area is 220 Å². The second-order valence-electron chi connectivity index (χ2n) is 8.16. The van der Waals surface area contributed by atoms with E-state index in [0.717, 1.165) is 5.39 Å². The molecule has 0 saturated carbocycles. The minimum absolute atomic E-state index is 0.00542. The lowest BCUT2D eigenvalue weighted by molar-refractivity contribution is -0.138. The minimum atomic E-state index is -1.45. The molecule has 2 aromatic carbocycles. The second-order valence-corrected chi connectivity index (χ2v) is 8.95. The Morgan fingerprint density at radius 1 is 1.27 bits per heavy atom. The highest BCUT2D eigenvalue weighted by atomic mass is 35.5. The second kappa shape index (κ2) is 10.8. The summed E-state index contributed by atoms with van der Waals surface area (Å²) in [6, 6.07) is 7.15. The first-order valence-electron chi connectivity index (χ1n) is 10.9. The molecule has 0 aliphatic carbocycles. The van der Waals surface area contributed by atoms with Gasteiger partial charge >= 0.3 is 5.97 Å². The maximum Gasteiger partial charge on any atom is 0.328 e. The molecule has 2 amide bonds. The van der Waals surface area contributed by atoms with Crippen molar-refractivity contribution in [1.82, 2.24) is 15.5 Å². The zero-order valence-electron chi connectivity index (χ0n) is 19.1. The predicted octanol–water partition coefficient (Wildman–Crippen LogP) is 2.51. The number of aliphatic carboxylic acids is 1. The Bertz CT molecular complexity index is 1480. The van der Waals surface area contributed by atoms with E-state index in [1.54, 1.807) is 35.6 Å². The summed E-state index contributed by atoms with van der Waals surface area (Å²) in [4.78, 5) is 43.0. The van der Waals surface area contributed by atoms with Crippen molar-refractivity contribution in [1.29, 1.82) is 5.26 Å². The number of benzene rings is 2. The summed E-state index contributed by atoms with van der Waals surface area (Å²) in [5, 5.41) is 23.3. The fourth-order valence-electron chi connectivity index (χ4n) is 4.01. The molecule has 0 radical (unpaired) electrons. The van der Waals surface area contributed by atoms with Crippen LogP contribution in [0.5, 0.6) is 0 Å². The molecule has 1 aliphatic rings. The van der Waals surface area contributed by atoms with E-state index in [9.17, 15) is 19.5 Å². The van der Waals surface area contributed by atoms with E-state index in [-0.39, 0.29) is 34.0 Å². The van der Waals surface area contributed by atoms with Gasteiger partial charge < -0.3 is 25.5 Å². The van der Waals surface area contributed by atoms with Crippen molar-refractivity contribution >= 4 is 57.9 Å². The van der Waals surface area contributed by atoms with Gasteiger partial charge in [-0.15, -0.1) is 0 Å². The first kappa shape index (κ1) is 25.8. The smallest absolute Gasteiger partial charge is 0.328 e. The van der Waals surface area contributed by atoms with Crippen LogP contribution in [0.15, 0.2) is 46.0 Å². The van der Waals surface area contributed by atoms with Gasteiger partial charge in [-0.3, -0.25) is 14.9 Å². The van der Waals surface area contributed by atoms with E-state index in [2.05, 4.69) is 15.6 Å². The summed E-state index contributed by atoms with van der Waals surface area (Å²) >= 11 is 12.9. The molecule has 0 unspecified atom stereocenters. The Morgan fingerprint density at radius 3 is 2.78 bits per heavy atom. The first-order valence-corrected chi connectivity index (χ1v) is 11.7. The lowest BCUT2D eigenvalue weighted by atomic mass is 9.96. The van der Waals surface area contributed by atoms with Crippen LogP contribution in [0.4, 0.5) is 0 Å². The number of rotatable bonds is 6. The highest BCUT2D eigenvalue weighted by molar-refractivity contribution is 6.40. The van der Waals surface area contributed by atoms with Gasteiger partial charge in [0.25, 0.3) is 11.8 Å². The monoisotopic (exact) mass is 542 g/mol. The minimum Gasteiger partial charge on any atom is -0.480 e. The third-order valence-electron chi connectivity index (χ3n) is 5.85. The fraction of sp³-hybridized carbons (Fsp3) is 0.208. The van der Waals surface area contributed by atoms with Crippen molar-refractivity contribution < 1.29 is 23.9 Å². The van der Waals surface area contributed by atoms with Crippen LogP contribution in [-0.4, -0.2) is 52.9 Å². The van der Waals surface area contributed by atoms with Gasteiger partial charge in [0, 0.05) is 24.0 Å². The van der Waals surface area contributed by atoms with Gasteiger partial charge in [-0.25, -0.2) is 9.79 Å². The quantitative estimate of drug-likeness (QED) is 0.159. The molecule has 2 heterocycles. The Balaban J connectivity index is 1.53. The summed E-state index contributed by atoms with van der Waals surface area (Å²) in [5.41, 5.74) is 7.76.